The van der Waals surface area contributed by atoms with E-state index in [2.05, 4.69) is 6.58 Å². The van der Waals surface area contributed by atoms with Crippen molar-refractivity contribution >= 4 is 12.0 Å². The molecule has 1 aliphatic heterocycles. The molecule has 0 spiro atoms. The second-order valence-electron chi connectivity index (χ2n) is 2.38. The van der Waals surface area contributed by atoms with Crippen molar-refractivity contribution in [3.8, 4) is 0 Å². The van der Waals surface area contributed by atoms with Crippen molar-refractivity contribution in [2.45, 2.75) is 13.2 Å². The monoisotopic (exact) mass is 154 g/mol. The third kappa shape index (κ3) is 1.75. The summed E-state index contributed by atoms with van der Waals surface area (Å²) in [5.41, 5.74) is 0.336. The maximum atomic E-state index is 10.8. The largest absolute Gasteiger partial charge is 0.428 e. The Hall–Kier alpha value is -1.41. The zero-order valence-corrected chi connectivity index (χ0v) is 6.16. The number of ether oxygens (including phenoxy) is 1. The third-order valence-electron chi connectivity index (χ3n) is 1.28. The first-order valence-electron chi connectivity index (χ1n) is 3.16. The first-order valence-corrected chi connectivity index (χ1v) is 3.16. The predicted octanol–water partition coefficient (Wildman–Crippen LogP) is -0.206. The van der Waals surface area contributed by atoms with Gasteiger partial charge in [-0.05, 0) is 6.92 Å². The Bertz CT molecular complexity index is 263. The molecule has 1 aliphatic rings. The summed E-state index contributed by atoms with van der Waals surface area (Å²) in [6, 6.07) is 0. The molecule has 1 atom stereocenters. The minimum atomic E-state index is -0.465. The van der Waals surface area contributed by atoms with Crippen LogP contribution in [0.15, 0.2) is 12.2 Å². The van der Waals surface area contributed by atoms with Crippen molar-refractivity contribution < 1.29 is 18.9 Å². The Morgan fingerprint density at radius 2 is 2.45 bits per heavy atom. The van der Waals surface area contributed by atoms with Crippen molar-refractivity contribution in [1.82, 2.24) is 0 Å². The van der Waals surface area contributed by atoms with E-state index < -0.39 is 12.2 Å². The molecule has 58 valence electrons. The molecule has 11 heavy (non-hydrogen) atoms. The van der Waals surface area contributed by atoms with Gasteiger partial charge in [0.15, 0.2) is 0 Å². The number of carbonyl (C=O) groups is 1. The van der Waals surface area contributed by atoms with Crippen LogP contribution >= 0.6 is 0 Å². The van der Waals surface area contributed by atoms with Crippen LogP contribution in [0, 0.1) is 0 Å². The molecule has 0 radical (unpaired) electrons. The van der Waals surface area contributed by atoms with Crippen LogP contribution in [0.1, 0.15) is 6.92 Å². The van der Waals surface area contributed by atoms with Crippen molar-refractivity contribution in [2.75, 3.05) is 6.54 Å². The number of isocyanates is 1. The van der Waals surface area contributed by atoms with E-state index in [0.29, 0.717) is 12.1 Å². The van der Waals surface area contributed by atoms with Gasteiger partial charge in [0.1, 0.15) is 0 Å². The first-order chi connectivity index (χ1) is 5.15. The summed E-state index contributed by atoms with van der Waals surface area (Å²) in [6.07, 6.45) is 1.20. The van der Waals surface area contributed by atoms with E-state index in [1.807, 2.05) is 0 Å². The van der Waals surface area contributed by atoms with Crippen LogP contribution in [0.25, 0.3) is 0 Å². The molecule has 1 saturated heterocycles. The smallest absolute Gasteiger partial charge is 0.393 e. The third-order valence-corrected chi connectivity index (χ3v) is 1.28. The van der Waals surface area contributed by atoms with Crippen molar-refractivity contribution in [2.24, 2.45) is 0 Å². The Balaban J connectivity index is 2.41. The van der Waals surface area contributed by atoms with Gasteiger partial charge in [-0.15, -0.1) is 0 Å². The van der Waals surface area contributed by atoms with Gasteiger partial charge in [-0.3, -0.25) is 0 Å². The lowest BCUT2D eigenvalue weighted by Gasteiger charge is -1.93. The summed E-state index contributed by atoms with van der Waals surface area (Å²) >= 11 is 0. The molecule has 1 heterocycles. The fraction of sp³-hybridized carbons (Fsp3) is 0.429. The van der Waals surface area contributed by atoms with Gasteiger partial charge in [0, 0.05) is 5.57 Å². The summed E-state index contributed by atoms with van der Waals surface area (Å²) in [6.45, 7) is 5.40. The van der Waals surface area contributed by atoms with Crippen LogP contribution in [0.2, 0.25) is 0 Å². The molecule has 0 amide bonds. The van der Waals surface area contributed by atoms with Crippen LogP contribution in [-0.2, 0) is 14.3 Å². The molecular formula is C7H8NO3+. The fourth-order valence-corrected chi connectivity index (χ4v) is 0.542. The minimum absolute atomic E-state index is 0.336. The Labute approximate surface area is 63.8 Å². The van der Waals surface area contributed by atoms with E-state index in [9.17, 15) is 9.59 Å². The molecule has 4 heteroatoms. The normalized spacial score (nSPS) is 20.5. The van der Waals surface area contributed by atoms with Crippen molar-refractivity contribution in [3.05, 3.63) is 12.2 Å². The lowest BCUT2D eigenvalue weighted by molar-refractivity contribution is -0.393. The number of esters is 1. The van der Waals surface area contributed by atoms with Gasteiger partial charge < -0.3 is 4.74 Å². The average Bonchev–Trinajstić information content (AvgIpc) is 2.67. The van der Waals surface area contributed by atoms with Crippen LogP contribution in [0.5, 0.6) is 0 Å². The Kier molecular flexibility index (Phi) is 1.87. The van der Waals surface area contributed by atoms with Crippen LogP contribution in [0.3, 0.4) is 0 Å². The van der Waals surface area contributed by atoms with Gasteiger partial charge in [-0.2, -0.15) is 4.79 Å². The summed E-state index contributed by atoms with van der Waals surface area (Å²) in [5.74, 6) is -0.465. The second kappa shape index (κ2) is 2.68. The summed E-state index contributed by atoms with van der Waals surface area (Å²) < 4.78 is 6.00. The van der Waals surface area contributed by atoms with Gasteiger partial charge in [-0.1, -0.05) is 11.2 Å². The lowest BCUT2D eigenvalue weighted by atomic mass is 10.4. The van der Waals surface area contributed by atoms with E-state index >= 15 is 0 Å². The summed E-state index contributed by atoms with van der Waals surface area (Å²) in [5, 5.41) is 0. The zero-order valence-electron chi connectivity index (χ0n) is 6.16. The maximum absolute atomic E-state index is 10.8. The summed E-state index contributed by atoms with van der Waals surface area (Å²) in [7, 11) is 0. The van der Waals surface area contributed by atoms with Crippen molar-refractivity contribution in [3.63, 3.8) is 0 Å². The highest BCUT2D eigenvalue weighted by Crippen LogP contribution is 2.11. The van der Waals surface area contributed by atoms with Gasteiger partial charge in [0.25, 0.3) is 6.54 Å². The van der Waals surface area contributed by atoms with E-state index in [0.717, 1.165) is 0 Å². The van der Waals surface area contributed by atoms with E-state index in [1.165, 1.54) is 4.58 Å². The molecule has 4 nitrogen and oxygen atoms in total. The summed E-state index contributed by atoms with van der Waals surface area (Å²) in [4.78, 5) is 20.7. The lowest BCUT2D eigenvalue weighted by Crippen LogP contribution is -2.08. The van der Waals surface area contributed by atoms with Gasteiger partial charge >= 0.3 is 18.3 Å². The standard InChI is InChI=1S/C7H8NO3/c1-5(2)7(10)11-6-3-8(6)4-9/h6H,1,3H2,2H3/q+1. The second-order valence-corrected chi connectivity index (χ2v) is 2.38. The van der Waals surface area contributed by atoms with E-state index in [-0.39, 0.29) is 0 Å². The quantitative estimate of drug-likeness (QED) is 0.182. The topological polar surface area (TPSA) is 46.4 Å². The van der Waals surface area contributed by atoms with E-state index in [4.69, 9.17) is 4.74 Å². The predicted molar refractivity (Wildman–Crippen MR) is 35.5 cm³/mol. The molecule has 1 unspecified atom stereocenters. The highest BCUT2D eigenvalue weighted by molar-refractivity contribution is 5.87. The molecule has 0 aromatic carbocycles. The molecule has 1 fully saturated rings. The molecule has 0 aromatic heterocycles. The number of rotatable bonds is 2. The van der Waals surface area contributed by atoms with Gasteiger partial charge in [-0.25, -0.2) is 4.79 Å². The maximum Gasteiger partial charge on any atom is 0.428 e. The van der Waals surface area contributed by atoms with Crippen molar-refractivity contribution in [1.29, 1.82) is 0 Å². The highest BCUT2D eigenvalue weighted by atomic mass is 16.6. The van der Waals surface area contributed by atoms with Crippen LogP contribution < -0.4 is 0 Å². The SMILES string of the molecule is C=C(C)C(=O)OC1C[N+]1=C=O. The molecule has 0 aromatic rings. The molecule has 0 N–H and O–H groups in total. The Morgan fingerprint density at radius 1 is 1.82 bits per heavy atom. The Morgan fingerprint density at radius 3 is 2.82 bits per heavy atom. The molecule has 0 aliphatic carbocycles. The first kappa shape index (κ1) is 7.69. The minimum Gasteiger partial charge on any atom is -0.393 e. The number of hydrogen-bond donors (Lipinski definition) is 0. The number of hydrogen-bond acceptors (Lipinski definition) is 3. The fourth-order valence-electron chi connectivity index (χ4n) is 0.542. The number of carbonyl (C=O) groups excluding carboxylic acids is 2. The molecule has 1 rings (SSSR count). The average molecular weight is 154 g/mol. The van der Waals surface area contributed by atoms with Crippen LogP contribution in [0.4, 0.5) is 0 Å². The van der Waals surface area contributed by atoms with E-state index in [1.54, 1.807) is 13.0 Å². The van der Waals surface area contributed by atoms with Gasteiger partial charge in [0.05, 0.1) is 0 Å². The molecule has 0 saturated carbocycles. The zero-order chi connectivity index (χ0) is 8.43. The number of nitrogens with zero attached hydrogens (tertiary/aromatic N) is 1. The molecular weight excluding hydrogens is 146 g/mol. The highest BCUT2D eigenvalue weighted by Gasteiger charge is 2.46. The van der Waals surface area contributed by atoms with Gasteiger partial charge in [0.2, 0.25) is 0 Å². The molecule has 0 bridgehead atoms. The van der Waals surface area contributed by atoms with Crippen LogP contribution in [-0.4, -0.2) is 29.4 Å².